The third-order valence-corrected chi connectivity index (χ3v) is 4.25. The molecule has 0 radical (unpaired) electrons. The molecule has 0 saturated heterocycles. The van der Waals surface area contributed by atoms with Gasteiger partial charge < -0.3 is 4.57 Å². The first kappa shape index (κ1) is 16.1. The van der Waals surface area contributed by atoms with Crippen molar-refractivity contribution < 1.29 is 13.2 Å². The Morgan fingerprint density at radius 1 is 0.962 bits per heavy atom. The van der Waals surface area contributed by atoms with Crippen molar-refractivity contribution in [3.05, 3.63) is 82.8 Å². The second-order valence-corrected chi connectivity index (χ2v) is 5.85. The van der Waals surface area contributed by atoms with Crippen molar-refractivity contribution in [3.63, 3.8) is 0 Å². The SMILES string of the molecule is Cn1ccc2c(ncn2-c2ccc(F)c(-c3cccc(F)c3F)c2)c1=O. The Balaban J connectivity index is 1.94. The Morgan fingerprint density at radius 3 is 2.58 bits per heavy atom. The van der Waals surface area contributed by atoms with Crippen LogP contribution >= 0.6 is 0 Å². The Labute approximate surface area is 145 Å². The van der Waals surface area contributed by atoms with E-state index < -0.39 is 17.5 Å². The summed E-state index contributed by atoms with van der Waals surface area (Å²) in [4.78, 5) is 16.2. The van der Waals surface area contributed by atoms with Gasteiger partial charge in [0.1, 0.15) is 12.1 Å². The molecule has 4 nitrogen and oxygen atoms in total. The summed E-state index contributed by atoms with van der Waals surface area (Å²) in [5.74, 6) is -2.85. The van der Waals surface area contributed by atoms with Crippen molar-refractivity contribution in [1.82, 2.24) is 14.1 Å². The molecule has 0 saturated carbocycles. The van der Waals surface area contributed by atoms with Crippen LogP contribution in [0.15, 0.2) is 59.8 Å². The van der Waals surface area contributed by atoms with Gasteiger partial charge in [-0.3, -0.25) is 9.36 Å². The molecule has 0 bridgehead atoms. The van der Waals surface area contributed by atoms with Crippen LogP contribution in [0.1, 0.15) is 0 Å². The lowest BCUT2D eigenvalue weighted by Crippen LogP contribution is -2.15. The van der Waals surface area contributed by atoms with E-state index in [0.29, 0.717) is 11.2 Å². The zero-order valence-electron chi connectivity index (χ0n) is 13.6. The summed E-state index contributed by atoms with van der Waals surface area (Å²) < 4.78 is 44.9. The van der Waals surface area contributed by atoms with Crippen molar-refractivity contribution in [2.24, 2.45) is 7.05 Å². The van der Waals surface area contributed by atoms with Gasteiger partial charge in [0.15, 0.2) is 17.2 Å². The molecule has 0 unspecified atom stereocenters. The van der Waals surface area contributed by atoms with Crippen LogP contribution in [0.25, 0.3) is 27.8 Å². The summed E-state index contributed by atoms with van der Waals surface area (Å²) in [6, 6.07) is 9.34. The number of hydrogen-bond donors (Lipinski definition) is 0. The zero-order valence-corrected chi connectivity index (χ0v) is 13.6. The van der Waals surface area contributed by atoms with Crippen molar-refractivity contribution in [1.29, 1.82) is 0 Å². The van der Waals surface area contributed by atoms with Crippen molar-refractivity contribution >= 4 is 11.0 Å². The van der Waals surface area contributed by atoms with Gasteiger partial charge in [-0.25, -0.2) is 18.2 Å². The minimum absolute atomic E-state index is 0.0785. The number of rotatable bonds is 2. The van der Waals surface area contributed by atoms with Crippen molar-refractivity contribution in [2.75, 3.05) is 0 Å². The van der Waals surface area contributed by atoms with Crippen molar-refractivity contribution in [3.8, 4) is 16.8 Å². The summed E-state index contributed by atoms with van der Waals surface area (Å²) in [7, 11) is 1.61. The summed E-state index contributed by atoms with van der Waals surface area (Å²) in [5, 5.41) is 0. The Bertz CT molecular complexity index is 1210. The number of halogens is 3. The number of imidazole rings is 1. The summed E-state index contributed by atoms with van der Waals surface area (Å²) in [5.41, 5.74) is 0.749. The van der Waals surface area contributed by atoms with Crippen LogP contribution in [0.4, 0.5) is 13.2 Å². The van der Waals surface area contributed by atoms with E-state index >= 15 is 0 Å². The van der Waals surface area contributed by atoms with Crippen LogP contribution in [0, 0.1) is 17.5 Å². The average molecular weight is 355 g/mol. The van der Waals surface area contributed by atoms with E-state index in [-0.39, 0.29) is 22.2 Å². The molecule has 0 aliphatic carbocycles. The lowest BCUT2D eigenvalue weighted by Gasteiger charge is -2.10. The molecule has 130 valence electrons. The van der Waals surface area contributed by atoms with E-state index in [1.165, 1.54) is 41.2 Å². The highest BCUT2D eigenvalue weighted by Crippen LogP contribution is 2.29. The first-order valence-corrected chi connectivity index (χ1v) is 7.74. The Kier molecular flexibility index (Phi) is 3.64. The number of aromatic nitrogens is 3. The maximum atomic E-state index is 14.3. The standard InChI is InChI=1S/C19H12F3N3O/c1-24-8-7-16-18(19(24)26)23-10-25(16)11-5-6-14(20)13(9-11)12-3-2-4-15(21)17(12)22/h2-10H,1H3. The molecule has 0 fully saturated rings. The topological polar surface area (TPSA) is 39.8 Å². The molecular formula is C19H12F3N3O. The number of aryl methyl sites for hydroxylation is 1. The van der Waals surface area contributed by atoms with E-state index in [2.05, 4.69) is 4.98 Å². The van der Waals surface area contributed by atoms with Crippen LogP contribution in [0.2, 0.25) is 0 Å². The maximum absolute atomic E-state index is 14.3. The number of nitrogens with zero attached hydrogens (tertiary/aromatic N) is 3. The van der Waals surface area contributed by atoms with Crippen LogP contribution < -0.4 is 5.56 Å². The molecule has 2 aromatic carbocycles. The fourth-order valence-electron chi connectivity index (χ4n) is 2.89. The second kappa shape index (κ2) is 5.87. The predicted molar refractivity (Wildman–Crippen MR) is 91.6 cm³/mol. The molecule has 0 amide bonds. The van der Waals surface area contributed by atoms with Crippen LogP contribution in [-0.4, -0.2) is 14.1 Å². The minimum Gasteiger partial charge on any atom is -0.317 e. The van der Waals surface area contributed by atoms with Gasteiger partial charge in [0.05, 0.1) is 5.52 Å². The highest BCUT2D eigenvalue weighted by atomic mass is 19.2. The van der Waals surface area contributed by atoms with Gasteiger partial charge >= 0.3 is 0 Å². The molecule has 0 aliphatic rings. The average Bonchev–Trinajstić information content (AvgIpc) is 3.06. The highest BCUT2D eigenvalue weighted by molar-refractivity contribution is 5.77. The molecule has 0 atom stereocenters. The normalized spacial score (nSPS) is 11.2. The van der Waals surface area contributed by atoms with E-state index in [1.54, 1.807) is 23.9 Å². The fraction of sp³-hybridized carbons (Fsp3) is 0.0526. The molecule has 7 heteroatoms. The van der Waals surface area contributed by atoms with Crippen LogP contribution in [-0.2, 0) is 7.05 Å². The van der Waals surface area contributed by atoms with Gasteiger partial charge in [-0.05, 0) is 30.3 Å². The largest absolute Gasteiger partial charge is 0.317 e. The number of fused-ring (bicyclic) bond motifs is 1. The monoisotopic (exact) mass is 355 g/mol. The van der Waals surface area contributed by atoms with Crippen LogP contribution in [0.5, 0.6) is 0 Å². The molecule has 2 aromatic heterocycles. The molecule has 0 spiro atoms. The molecular weight excluding hydrogens is 343 g/mol. The summed E-state index contributed by atoms with van der Waals surface area (Å²) >= 11 is 0. The number of hydrogen-bond acceptors (Lipinski definition) is 2. The Morgan fingerprint density at radius 2 is 1.77 bits per heavy atom. The smallest absolute Gasteiger partial charge is 0.278 e. The molecule has 0 N–H and O–H groups in total. The van der Waals surface area contributed by atoms with Gasteiger partial charge in [0.25, 0.3) is 5.56 Å². The molecule has 0 aliphatic heterocycles. The van der Waals surface area contributed by atoms with Crippen LogP contribution in [0.3, 0.4) is 0 Å². The van der Waals surface area contributed by atoms with E-state index in [0.717, 1.165) is 6.07 Å². The van der Waals surface area contributed by atoms with E-state index in [9.17, 15) is 18.0 Å². The summed E-state index contributed by atoms with van der Waals surface area (Å²) in [6.07, 6.45) is 3.03. The quantitative estimate of drug-likeness (QED) is 0.549. The second-order valence-electron chi connectivity index (χ2n) is 5.85. The van der Waals surface area contributed by atoms with Gasteiger partial charge in [-0.2, -0.15) is 0 Å². The third kappa shape index (κ3) is 2.40. The van der Waals surface area contributed by atoms with Crippen molar-refractivity contribution in [2.45, 2.75) is 0 Å². The lowest BCUT2D eigenvalue weighted by molar-refractivity contribution is 0.510. The molecule has 4 aromatic rings. The van der Waals surface area contributed by atoms with Gasteiger partial charge in [-0.1, -0.05) is 12.1 Å². The Hall–Kier alpha value is -3.35. The zero-order chi connectivity index (χ0) is 18.4. The minimum atomic E-state index is -1.12. The summed E-state index contributed by atoms with van der Waals surface area (Å²) in [6.45, 7) is 0. The molecule has 4 rings (SSSR count). The van der Waals surface area contributed by atoms with E-state index in [4.69, 9.17) is 0 Å². The lowest BCUT2D eigenvalue weighted by atomic mass is 10.0. The van der Waals surface area contributed by atoms with Gasteiger partial charge in [-0.15, -0.1) is 0 Å². The van der Waals surface area contributed by atoms with E-state index in [1.807, 2.05) is 0 Å². The first-order valence-electron chi connectivity index (χ1n) is 7.74. The third-order valence-electron chi connectivity index (χ3n) is 4.25. The first-order chi connectivity index (χ1) is 12.5. The molecule has 26 heavy (non-hydrogen) atoms. The highest BCUT2D eigenvalue weighted by Gasteiger charge is 2.16. The fourth-order valence-corrected chi connectivity index (χ4v) is 2.89. The number of pyridine rings is 1. The number of benzene rings is 2. The van der Waals surface area contributed by atoms with Gasteiger partial charge in [0, 0.05) is 30.1 Å². The maximum Gasteiger partial charge on any atom is 0.278 e. The van der Waals surface area contributed by atoms with Gasteiger partial charge in [0.2, 0.25) is 0 Å². The molecule has 2 heterocycles. The predicted octanol–water partition coefficient (Wildman–Crippen LogP) is 3.81.